The van der Waals surface area contributed by atoms with Gasteiger partial charge in [-0.25, -0.2) is 4.79 Å². The highest BCUT2D eigenvalue weighted by atomic mass is 16.6. The summed E-state index contributed by atoms with van der Waals surface area (Å²) in [7, 11) is 1.33. The maximum Gasteiger partial charge on any atom is 0.331 e. The first-order valence-corrected chi connectivity index (χ1v) is 11.6. The Bertz CT molecular complexity index is 815. The lowest BCUT2D eigenvalue weighted by Gasteiger charge is -2.44. The first kappa shape index (κ1) is 24.9. The highest BCUT2D eigenvalue weighted by Gasteiger charge is 2.58. The molecule has 2 heterocycles. The molecule has 3 aliphatic rings. The van der Waals surface area contributed by atoms with E-state index in [9.17, 15) is 19.8 Å². The minimum absolute atomic E-state index is 0.127. The topological polar surface area (TPSA) is 102 Å². The van der Waals surface area contributed by atoms with Crippen LogP contribution in [0.15, 0.2) is 23.3 Å². The SMILES string of the molecule is COC(=O)[C@H]1[C@H](C)O[C@@]2(O)[C@H](C)CC[C@@]3(C)OC(=O)C=C(C(C)C)[C@@H]3C[C@H](O)C(C)=C[C@H]12. The summed E-state index contributed by atoms with van der Waals surface area (Å²) in [6, 6.07) is 0. The molecule has 0 aromatic heterocycles. The van der Waals surface area contributed by atoms with Gasteiger partial charge in [0.25, 0.3) is 0 Å². The number of aliphatic hydroxyl groups is 2. The van der Waals surface area contributed by atoms with Crippen molar-refractivity contribution in [3.8, 4) is 0 Å². The molecular formula is C25H38O7. The standard InChI is InChI=1S/C25H38O7/c1-13(2)17-11-21(27)32-24(6)9-8-15(4)25(29)19(10-14(3)20(26)12-18(17)24)22(16(5)31-25)23(28)30-7/h10-11,13,15-16,18-20,22,26,29H,8-9,12H2,1-7H3/t15-,16+,18+,19-,20+,22+,24-,25+/m1/s1. The van der Waals surface area contributed by atoms with Crippen molar-refractivity contribution >= 4 is 11.9 Å². The molecule has 32 heavy (non-hydrogen) atoms. The number of esters is 2. The molecule has 1 saturated heterocycles. The Kier molecular flexibility index (Phi) is 6.95. The number of ether oxygens (including phenoxy) is 3. The number of carbonyl (C=O) groups excluding carboxylic acids is 2. The maximum absolute atomic E-state index is 12.6. The van der Waals surface area contributed by atoms with Gasteiger partial charge in [0.15, 0.2) is 5.79 Å². The molecule has 0 saturated carbocycles. The van der Waals surface area contributed by atoms with Gasteiger partial charge < -0.3 is 24.4 Å². The van der Waals surface area contributed by atoms with E-state index in [0.717, 1.165) is 5.57 Å². The van der Waals surface area contributed by atoms with E-state index >= 15 is 0 Å². The lowest BCUT2D eigenvalue weighted by atomic mass is 9.71. The van der Waals surface area contributed by atoms with Crippen molar-refractivity contribution in [1.82, 2.24) is 0 Å². The van der Waals surface area contributed by atoms with E-state index in [4.69, 9.17) is 14.2 Å². The molecule has 1 fully saturated rings. The molecule has 0 unspecified atom stereocenters. The fourth-order valence-electron chi connectivity index (χ4n) is 5.75. The predicted molar refractivity (Wildman–Crippen MR) is 118 cm³/mol. The van der Waals surface area contributed by atoms with Crippen LogP contribution >= 0.6 is 0 Å². The molecule has 1 aliphatic carbocycles. The van der Waals surface area contributed by atoms with E-state index < -0.39 is 41.4 Å². The van der Waals surface area contributed by atoms with E-state index in [1.165, 1.54) is 7.11 Å². The van der Waals surface area contributed by atoms with Gasteiger partial charge in [-0.15, -0.1) is 0 Å². The molecule has 0 radical (unpaired) electrons. The summed E-state index contributed by atoms with van der Waals surface area (Å²) in [6.07, 6.45) is 3.36. The summed E-state index contributed by atoms with van der Waals surface area (Å²) in [5.41, 5.74) is 0.804. The van der Waals surface area contributed by atoms with Gasteiger partial charge in [-0.1, -0.05) is 32.4 Å². The van der Waals surface area contributed by atoms with E-state index in [0.29, 0.717) is 24.8 Å². The lowest BCUT2D eigenvalue weighted by Crippen LogP contribution is -2.47. The van der Waals surface area contributed by atoms with E-state index in [1.54, 1.807) is 26.0 Å². The molecule has 2 N–H and O–H groups in total. The smallest absolute Gasteiger partial charge is 0.331 e. The van der Waals surface area contributed by atoms with Crippen molar-refractivity contribution in [2.75, 3.05) is 7.11 Å². The Morgan fingerprint density at radius 2 is 1.97 bits per heavy atom. The van der Waals surface area contributed by atoms with E-state index in [-0.39, 0.29) is 23.7 Å². The number of rotatable bonds is 2. The second kappa shape index (κ2) is 8.92. The third-order valence-electron chi connectivity index (χ3n) is 7.85. The monoisotopic (exact) mass is 450 g/mol. The molecule has 0 aromatic rings. The molecule has 0 aromatic carbocycles. The fraction of sp³-hybridized carbons (Fsp3) is 0.760. The molecule has 0 bridgehead atoms. The van der Waals surface area contributed by atoms with Crippen molar-refractivity contribution in [3.05, 3.63) is 23.3 Å². The van der Waals surface area contributed by atoms with Crippen molar-refractivity contribution < 1.29 is 34.0 Å². The zero-order valence-electron chi connectivity index (χ0n) is 20.3. The van der Waals surface area contributed by atoms with Crippen LogP contribution < -0.4 is 0 Å². The summed E-state index contributed by atoms with van der Waals surface area (Å²) in [6.45, 7) is 11.4. The Morgan fingerprint density at radius 1 is 1.31 bits per heavy atom. The highest BCUT2D eigenvalue weighted by Crippen LogP contribution is 2.50. The summed E-state index contributed by atoms with van der Waals surface area (Å²) >= 11 is 0. The van der Waals surface area contributed by atoms with E-state index in [1.807, 2.05) is 27.7 Å². The van der Waals surface area contributed by atoms with Gasteiger partial charge in [0.1, 0.15) is 5.60 Å². The largest absolute Gasteiger partial charge is 0.469 e. The fourth-order valence-corrected chi connectivity index (χ4v) is 5.75. The third kappa shape index (κ3) is 4.27. The average molecular weight is 451 g/mol. The molecule has 7 heteroatoms. The minimum Gasteiger partial charge on any atom is -0.469 e. The number of hydrogen-bond donors (Lipinski definition) is 2. The molecule has 0 amide bonds. The molecule has 7 nitrogen and oxygen atoms in total. The molecule has 8 atom stereocenters. The Hall–Kier alpha value is -1.70. The number of hydrogen-bond acceptors (Lipinski definition) is 7. The average Bonchev–Trinajstić information content (AvgIpc) is 2.96. The summed E-state index contributed by atoms with van der Waals surface area (Å²) in [4.78, 5) is 25.0. The van der Waals surface area contributed by atoms with Crippen LogP contribution in [0.4, 0.5) is 0 Å². The third-order valence-corrected chi connectivity index (χ3v) is 7.85. The number of fused-ring (bicyclic) bond motifs is 2. The van der Waals surface area contributed by atoms with Gasteiger partial charge in [0, 0.05) is 23.8 Å². The number of methoxy groups -OCH3 is 1. The van der Waals surface area contributed by atoms with Crippen LogP contribution in [-0.4, -0.2) is 52.9 Å². The van der Waals surface area contributed by atoms with Crippen molar-refractivity contribution in [1.29, 1.82) is 0 Å². The Labute approximate surface area is 190 Å². The minimum atomic E-state index is -1.61. The van der Waals surface area contributed by atoms with Crippen molar-refractivity contribution in [3.63, 3.8) is 0 Å². The molecule has 3 rings (SSSR count). The first-order valence-electron chi connectivity index (χ1n) is 11.6. The quantitative estimate of drug-likeness (QED) is 0.492. The summed E-state index contributed by atoms with van der Waals surface area (Å²) < 4.78 is 16.9. The summed E-state index contributed by atoms with van der Waals surface area (Å²) in [5.74, 6) is -4.15. The van der Waals surface area contributed by atoms with Crippen LogP contribution in [0.2, 0.25) is 0 Å². The highest BCUT2D eigenvalue weighted by molar-refractivity contribution is 5.84. The van der Waals surface area contributed by atoms with E-state index in [2.05, 4.69) is 0 Å². The maximum atomic E-state index is 12.6. The predicted octanol–water partition coefficient (Wildman–Crippen LogP) is 3.14. The van der Waals surface area contributed by atoms with Crippen LogP contribution in [0.25, 0.3) is 0 Å². The second-order valence-electron chi connectivity index (χ2n) is 10.3. The van der Waals surface area contributed by atoms with Crippen molar-refractivity contribution in [2.24, 2.45) is 29.6 Å². The Morgan fingerprint density at radius 3 is 2.56 bits per heavy atom. The zero-order valence-corrected chi connectivity index (χ0v) is 20.3. The summed E-state index contributed by atoms with van der Waals surface area (Å²) in [5, 5.41) is 22.8. The molecular weight excluding hydrogens is 412 g/mol. The molecule has 0 spiro atoms. The molecule has 2 aliphatic heterocycles. The van der Waals surface area contributed by atoms with Gasteiger partial charge in [-0.3, -0.25) is 4.79 Å². The second-order valence-corrected chi connectivity index (χ2v) is 10.3. The van der Waals surface area contributed by atoms with Gasteiger partial charge in [-0.05, 0) is 51.5 Å². The van der Waals surface area contributed by atoms with Crippen molar-refractivity contribution in [2.45, 2.75) is 84.4 Å². The van der Waals surface area contributed by atoms with Crippen LogP contribution in [0.1, 0.15) is 60.8 Å². The van der Waals surface area contributed by atoms with Crippen LogP contribution in [-0.2, 0) is 23.8 Å². The number of aliphatic hydroxyl groups excluding tert-OH is 1. The number of carbonyl (C=O) groups is 2. The van der Waals surface area contributed by atoms with Crippen LogP contribution in [0, 0.1) is 29.6 Å². The normalized spacial score (nSPS) is 42.8. The van der Waals surface area contributed by atoms with Gasteiger partial charge in [-0.2, -0.15) is 0 Å². The first-order chi connectivity index (χ1) is 14.8. The van der Waals surface area contributed by atoms with Crippen LogP contribution in [0.3, 0.4) is 0 Å². The van der Waals surface area contributed by atoms with Gasteiger partial charge in [0.05, 0.1) is 25.2 Å². The lowest BCUT2D eigenvalue weighted by molar-refractivity contribution is -0.236. The van der Waals surface area contributed by atoms with Gasteiger partial charge >= 0.3 is 11.9 Å². The zero-order chi connectivity index (χ0) is 24.0. The van der Waals surface area contributed by atoms with Gasteiger partial charge in [0.2, 0.25) is 0 Å². The molecule has 180 valence electrons. The Balaban J connectivity index is 2.08. The van der Waals surface area contributed by atoms with Crippen LogP contribution in [0.5, 0.6) is 0 Å².